The molecule has 4 rings (SSSR count). The first-order valence-corrected chi connectivity index (χ1v) is 15.8. The smallest absolute Gasteiger partial charge is 0.325 e. The number of rotatable bonds is 19. The fourth-order valence-electron chi connectivity index (χ4n) is 5.01. The van der Waals surface area contributed by atoms with Gasteiger partial charge in [-0.2, -0.15) is 0 Å². The van der Waals surface area contributed by atoms with Gasteiger partial charge in [-0.1, -0.05) is 55.3 Å². The highest BCUT2D eigenvalue weighted by Gasteiger charge is 2.12. The SMILES string of the molecule is CC(=O)OCc1cc([C@@H](O)CNCCCCCCOCCOCc2cccc(-c3cccc(-c4c[nH]c(=O)[nH]c4=O)c3)c2)ccc1O. The summed E-state index contributed by atoms with van der Waals surface area (Å²) in [6.45, 7) is 4.59. The quantitative estimate of drug-likeness (QED) is 0.0726. The van der Waals surface area contributed by atoms with Crippen molar-refractivity contribution in [3.63, 3.8) is 0 Å². The zero-order chi connectivity index (χ0) is 33.4. The van der Waals surface area contributed by atoms with E-state index in [0.29, 0.717) is 55.2 Å². The van der Waals surface area contributed by atoms with E-state index in [4.69, 9.17) is 14.2 Å². The van der Waals surface area contributed by atoms with Crippen LogP contribution in [0.3, 0.4) is 0 Å². The highest BCUT2D eigenvalue weighted by atomic mass is 16.5. The van der Waals surface area contributed by atoms with Gasteiger partial charge in [-0.15, -0.1) is 0 Å². The van der Waals surface area contributed by atoms with Crippen molar-refractivity contribution in [3.8, 4) is 28.0 Å². The number of benzene rings is 3. The Morgan fingerprint density at radius 3 is 2.40 bits per heavy atom. The van der Waals surface area contributed by atoms with E-state index in [1.165, 1.54) is 19.2 Å². The Hall–Kier alpha value is -4.55. The highest BCUT2D eigenvalue weighted by molar-refractivity contribution is 5.72. The molecule has 0 aliphatic carbocycles. The number of phenolic OH excluding ortho intramolecular Hbond substituents is 1. The van der Waals surface area contributed by atoms with Crippen LogP contribution in [0.4, 0.5) is 0 Å². The van der Waals surface area contributed by atoms with Crippen molar-refractivity contribution in [3.05, 3.63) is 110 Å². The van der Waals surface area contributed by atoms with Crippen molar-refractivity contribution in [2.75, 3.05) is 32.9 Å². The largest absolute Gasteiger partial charge is 0.508 e. The number of hydrogen-bond acceptors (Lipinski definition) is 9. The second-order valence-corrected chi connectivity index (χ2v) is 11.2. The van der Waals surface area contributed by atoms with Crippen molar-refractivity contribution in [2.24, 2.45) is 0 Å². The Morgan fingerprint density at radius 2 is 1.60 bits per heavy atom. The van der Waals surface area contributed by atoms with Gasteiger partial charge in [-0.25, -0.2) is 4.79 Å². The standard InChI is InChI=1S/C36H43N3O8/c1-25(40)47-24-31-20-30(12-13-33(31)41)34(42)22-37-14-4-2-3-5-15-45-16-17-46-23-26-8-6-9-27(18-26)28-10-7-11-29(19-28)32-21-38-36(44)39-35(32)43/h6-13,18-21,34,37,41-42H,2-5,14-17,22-24H2,1H3,(H2,38,39,43,44)/t34-/m0/s1. The second kappa shape index (κ2) is 18.6. The molecule has 11 heteroatoms. The van der Waals surface area contributed by atoms with Crippen LogP contribution >= 0.6 is 0 Å². The molecule has 4 aromatic rings. The van der Waals surface area contributed by atoms with Gasteiger partial charge in [0, 0.05) is 31.8 Å². The van der Waals surface area contributed by atoms with Crippen LogP contribution < -0.4 is 16.6 Å². The normalized spacial score (nSPS) is 11.8. The molecule has 0 aliphatic heterocycles. The average Bonchev–Trinajstić information content (AvgIpc) is 3.06. The number of aromatic amines is 2. The number of aliphatic hydroxyl groups is 1. The molecular weight excluding hydrogens is 602 g/mol. The lowest BCUT2D eigenvalue weighted by atomic mass is 9.99. The van der Waals surface area contributed by atoms with Gasteiger partial charge >= 0.3 is 11.7 Å². The Labute approximate surface area is 273 Å². The summed E-state index contributed by atoms with van der Waals surface area (Å²) in [5, 5.41) is 23.7. The summed E-state index contributed by atoms with van der Waals surface area (Å²) >= 11 is 0. The molecule has 1 atom stereocenters. The lowest BCUT2D eigenvalue weighted by molar-refractivity contribution is -0.142. The maximum absolute atomic E-state index is 12.2. The molecule has 0 amide bonds. The number of unbranched alkanes of at least 4 members (excludes halogenated alkanes) is 3. The lowest BCUT2D eigenvalue weighted by Gasteiger charge is -2.14. The summed E-state index contributed by atoms with van der Waals surface area (Å²) in [5.41, 5.74) is 4.24. The molecule has 11 nitrogen and oxygen atoms in total. The molecule has 0 fully saturated rings. The molecular formula is C36H43N3O8. The van der Waals surface area contributed by atoms with Crippen molar-refractivity contribution < 1.29 is 29.2 Å². The molecule has 47 heavy (non-hydrogen) atoms. The summed E-state index contributed by atoms with van der Waals surface area (Å²) in [7, 11) is 0. The summed E-state index contributed by atoms with van der Waals surface area (Å²) < 4.78 is 16.5. The van der Waals surface area contributed by atoms with E-state index in [1.807, 2.05) is 42.5 Å². The maximum atomic E-state index is 12.2. The van der Waals surface area contributed by atoms with Crippen molar-refractivity contribution in [2.45, 2.75) is 51.9 Å². The molecule has 5 N–H and O–H groups in total. The van der Waals surface area contributed by atoms with Crippen LogP contribution in [0, 0.1) is 0 Å². The fourth-order valence-corrected chi connectivity index (χ4v) is 5.01. The topological polar surface area (TPSA) is 163 Å². The number of hydrogen-bond donors (Lipinski definition) is 5. The molecule has 1 heterocycles. The molecule has 0 radical (unpaired) electrons. The van der Waals surface area contributed by atoms with E-state index < -0.39 is 23.3 Å². The molecule has 0 saturated heterocycles. The molecule has 1 aromatic heterocycles. The van der Waals surface area contributed by atoms with Crippen LogP contribution in [-0.2, 0) is 32.2 Å². The highest BCUT2D eigenvalue weighted by Crippen LogP contribution is 2.26. The molecule has 0 bridgehead atoms. The fraction of sp³-hybridized carbons (Fsp3) is 0.361. The van der Waals surface area contributed by atoms with E-state index in [2.05, 4.69) is 21.4 Å². The average molecular weight is 646 g/mol. The molecule has 0 unspecified atom stereocenters. The number of aromatic hydroxyl groups is 1. The number of carbonyl (C=O) groups excluding carboxylic acids is 1. The van der Waals surface area contributed by atoms with Gasteiger partial charge < -0.3 is 34.7 Å². The minimum absolute atomic E-state index is 0.0272. The number of aromatic nitrogens is 2. The molecule has 0 saturated carbocycles. The number of ether oxygens (including phenoxy) is 3. The molecule has 250 valence electrons. The number of phenols is 1. The van der Waals surface area contributed by atoms with Crippen LogP contribution in [0.2, 0.25) is 0 Å². The van der Waals surface area contributed by atoms with E-state index >= 15 is 0 Å². The third-order valence-electron chi connectivity index (χ3n) is 7.54. The van der Waals surface area contributed by atoms with Gasteiger partial charge in [0.25, 0.3) is 5.56 Å². The van der Waals surface area contributed by atoms with Crippen LogP contribution in [0.25, 0.3) is 22.3 Å². The summed E-state index contributed by atoms with van der Waals surface area (Å²) in [5.74, 6) is -0.404. The van der Waals surface area contributed by atoms with Gasteiger partial charge in [0.15, 0.2) is 0 Å². The van der Waals surface area contributed by atoms with E-state index in [1.54, 1.807) is 12.1 Å². The minimum atomic E-state index is -0.730. The Balaban J connectivity index is 1.05. The summed E-state index contributed by atoms with van der Waals surface area (Å²) in [6, 6.07) is 20.5. The summed E-state index contributed by atoms with van der Waals surface area (Å²) in [4.78, 5) is 39.4. The van der Waals surface area contributed by atoms with E-state index in [9.17, 15) is 24.6 Å². The minimum Gasteiger partial charge on any atom is -0.508 e. The third-order valence-corrected chi connectivity index (χ3v) is 7.54. The maximum Gasteiger partial charge on any atom is 0.325 e. The first-order chi connectivity index (χ1) is 22.8. The van der Waals surface area contributed by atoms with Gasteiger partial charge in [-0.3, -0.25) is 14.6 Å². The Bertz CT molecular complexity index is 1700. The van der Waals surface area contributed by atoms with Gasteiger partial charge in [-0.05, 0) is 71.5 Å². The van der Waals surface area contributed by atoms with Gasteiger partial charge in [0.05, 0.1) is 31.5 Å². The van der Waals surface area contributed by atoms with Gasteiger partial charge in [0.1, 0.15) is 12.4 Å². The number of aliphatic hydroxyl groups excluding tert-OH is 1. The molecule has 0 spiro atoms. The molecule has 0 aliphatic rings. The van der Waals surface area contributed by atoms with Crippen LogP contribution in [-0.4, -0.2) is 59.1 Å². The number of carbonyl (C=O) groups is 1. The van der Waals surface area contributed by atoms with Gasteiger partial charge in [0.2, 0.25) is 0 Å². The Kier molecular flexibility index (Phi) is 13.9. The predicted octanol–water partition coefficient (Wildman–Crippen LogP) is 4.58. The zero-order valence-corrected chi connectivity index (χ0v) is 26.6. The monoisotopic (exact) mass is 645 g/mol. The van der Waals surface area contributed by atoms with Crippen molar-refractivity contribution in [1.82, 2.24) is 15.3 Å². The predicted molar refractivity (Wildman–Crippen MR) is 179 cm³/mol. The van der Waals surface area contributed by atoms with Crippen molar-refractivity contribution >= 4 is 5.97 Å². The first-order valence-electron chi connectivity index (χ1n) is 15.8. The van der Waals surface area contributed by atoms with Crippen LogP contribution in [0.1, 0.15) is 55.4 Å². The van der Waals surface area contributed by atoms with Crippen LogP contribution in [0.15, 0.2) is 82.5 Å². The van der Waals surface area contributed by atoms with Crippen molar-refractivity contribution in [1.29, 1.82) is 0 Å². The molecule has 3 aromatic carbocycles. The zero-order valence-electron chi connectivity index (χ0n) is 26.6. The first kappa shape index (κ1) is 35.3. The number of esters is 1. The van der Waals surface area contributed by atoms with Crippen LogP contribution in [0.5, 0.6) is 5.75 Å². The second-order valence-electron chi connectivity index (χ2n) is 11.2. The number of H-pyrrole nitrogens is 2. The van der Waals surface area contributed by atoms with E-state index in [-0.39, 0.29) is 12.4 Å². The number of nitrogens with one attached hydrogen (secondary N) is 3. The lowest BCUT2D eigenvalue weighted by Crippen LogP contribution is -2.22. The van der Waals surface area contributed by atoms with E-state index in [0.717, 1.165) is 48.9 Å². The third kappa shape index (κ3) is 11.6. The Morgan fingerprint density at radius 1 is 0.851 bits per heavy atom. The summed E-state index contributed by atoms with van der Waals surface area (Å²) in [6.07, 6.45) is 4.74.